The van der Waals surface area contributed by atoms with Crippen LogP contribution in [0.3, 0.4) is 0 Å². The number of aryl methyl sites for hydroxylation is 1. The van der Waals surface area contributed by atoms with Crippen molar-refractivity contribution in [1.29, 1.82) is 0 Å². The van der Waals surface area contributed by atoms with Crippen LogP contribution in [0.1, 0.15) is 24.0 Å². The molecule has 1 heterocycles. The minimum absolute atomic E-state index is 0.0356. The molecular weight excluding hydrogens is 404 g/mol. The predicted molar refractivity (Wildman–Crippen MR) is 114 cm³/mol. The molecule has 1 aliphatic rings. The van der Waals surface area contributed by atoms with Gasteiger partial charge in [0, 0.05) is 31.6 Å². The van der Waals surface area contributed by atoms with Crippen molar-refractivity contribution in [3.05, 3.63) is 53.6 Å². The maximum absolute atomic E-state index is 13.1. The first kappa shape index (κ1) is 22.1. The van der Waals surface area contributed by atoms with Crippen molar-refractivity contribution in [2.45, 2.75) is 31.2 Å². The highest BCUT2D eigenvalue weighted by atomic mass is 32.2. The van der Waals surface area contributed by atoms with E-state index in [-0.39, 0.29) is 35.6 Å². The van der Waals surface area contributed by atoms with Crippen LogP contribution < -0.4 is 14.8 Å². The summed E-state index contributed by atoms with van der Waals surface area (Å²) < 4.78 is 38.1. The average Bonchev–Trinajstić information content (AvgIpc) is 2.78. The lowest BCUT2D eigenvalue weighted by atomic mass is 9.97. The summed E-state index contributed by atoms with van der Waals surface area (Å²) in [5.41, 5.74) is 2.21. The van der Waals surface area contributed by atoms with Gasteiger partial charge in [0.15, 0.2) is 0 Å². The summed E-state index contributed by atoms with van der Waals surface area (Å²) >= 11 is 0. The number of sulfonamides is 1. The maximum Gasteiger partial charge on any atom is 0.246 e. The molecule has 1 aliphatic heterocycles. The fraction of sp³-hybridized carbons (Fsp3) is 0.409. The van der Waals surface area contributed by atoms with Gasteiger partial charge in [-0.3, -0.25) is 4.79 Å². The lowest BCUT2D eigenvalue weighted by Gasteiger charge is -2.31. The lowest BCUT2D eigenvalue weighted by molar-refractivity contribution is -0.126. The van der Waals surface area contributed by atoms with Crippen LogP contribution in [-0.2, 0) is 21.4 Å². The fourth-order valence-electron chi connectivity index (χ4n) is 3.52. The van der Waals surface area contributed by atoms with Crippen LogP contribution in [0, 0.1) is 12.8 Å². The van der Waals surface area contributed by atoms with E-state index in [1.54, 1.807) is 12.1 Å². The molecule has 0 bridgehead atoms. The molecule has 30 heavy (non-hydrogen) atoms. The van der Waals surface area contributed by atoms with Crippen molar-refractivity contribution in [3.8, 4) is 11.5 Å². The van der Waals surface area contributed by atoms with E-state index in [4.69, 9.17) is 9.47 Å². The molecule has 7 nitrogen and oxygen atoms in total. The van der Waals surface area contributed by atoms with E-state index in [0.29, 0.717) is 25.1 Å². The SMILES string of the molecule is COc1ccc(OC)c(S(=O)(=O)N2CCC(C(=O)NCc3ccc(C)cc3)CC2)c1. The highest BCUT2D eigenvalue weighted by Crippen LogP contribution is 2.32. The van der Waals surface area contributed by atoms with Crippen LogP contribution in [0.5, 0.6) is 11.5 Å². The van der Waals surface area contributed by atoms with Gasteiger partial charge in [0.05, 0.1) is 14.2 Å². The summed E-state index contributed by atoms with van der Waals surface area (Å²) in [6.45, 7) is 3.06. The molecule has 1 fully saturated rings. The van der Waals surface area contributed by atoms with Crippen molar-refractivity contribution in [2.24, 2.45) is 5.92 Å². The van der Waals surface area contributed by atoms with E-state index >= 15 is 0 Å². The summed E-state index contributed by atoms with van der Waals surface area (Å²) in [6, 6.07) is 12.7. The van der Waals surface area contributed by atoms with Gasteiger partial charge >= 0.3 is 0 Å². The molecule has 0 unspecified atom stereocenters. The van der Waals surface area contributed by atoms with Crippen molar-refractivity contribution in [3.63, 3.8) is 0 Å². The minimum atomic E-state index is -3.75. The molecule has 0 spiro atoms. The molecule has 0 atom stereocenters. The number of piperidine rings is 1. The Bertz CT molecular complexity index is 981. The molecule has 2 aromatic carbocycles. The monoisotopic (exact) mass is 432 g/mol. The van der Waals surface area contributed by atoms with Crippen molar-refractivity contribution in [2.75, 3.05) is 27.3 Å². The Balaban J connectivity index is 1.61. The second-order valence-electron chi connectivity index (χ2n) is 7.40. The third-order valence-electron chi connectivity index (χ3n) is 5.40. The number of nitrogens with zero attached hydrogens (tertiary/aromatic N) is 1. The smallest absolute Gasteiger partial charge is 0.246 e. The number of nitrogens with one attached hydrogen (secondary N) is 1. The quantitative estimate of drug-likeness (QED) is 0.727. The van der Waals surface area contributed by atoms with E-state index in [0.717, 1.165) is 5.56 Å². The number of carbonyl (C=O) groups excluding carboxylic acids is 1. The van der Waals surface area contributed by atoms with Crippen molar-refractivity contribution >= 4 is 15.9 Å². The molecule has 0 aromatic heterocycles. The fourth-order valence-corrected chi connectivity index (χ4v) is 5.16. The van der Waals surface area contributed by atoms with Crippen LogP contribution in [0.2, 0.25) is 0 Å². The van der Waals surface area contributed by atoms with Crippen LogP contribution in [0.4, 0.5) is 0 Å². The lowest BCUT2D eigenvalue weighted by Crippen LogP contribution is -2.42. The van der Waals surface area contributed by atoms with Crippen LogP contribution in [0.15, 0.2) is 47.4 Å². The largest absolute Gasteiger partial charge is 0.497 e. The number of amides is 1. The highest BCUT2D eigenvalue weighted by Gasteiger charge is 2.34. The molecule has 0 radical (unpaired) electrons. The number of hydrogen-bond acceptors (Lipinski definition) is 5. The first-order valence-electron chi connectivity index (χ1n) is 9.90. The summed E-state index contributed by atoms with van der Waals surface area (Å²) in [6.07, 6.45) is 0.955. The molecule has 0 saturated carbocycles. The van der Waals surface area contributed by atoms with Gasteiger partial charge in [-0.1, -0.05) is 29.8 Å². The first-order valence-corrected chi connectivity index (χ1v) is 11.3. The number of benzene rings is 2. The van der Waals surface area contributed by atoms with E-state index in [9.17, 15) is 13.2 Å². The summed E-state index contributed by atoms with van der Waals surface area (Å²) in [4.78, 5) is 12.6. The molecule has 1 amide bonds. The van der Waals surface area contributed by atoms with Gasteiger partial charge in [0.25, 0.3) is 0 Å². The zero-order valence-corrected chi connectivity index (χ0v) is 18.4. The number of methoxy groups -OCH3 is 2. The second-order valence-corrected chi connectivity index (χ2v) is 9.30. The molecule has 1 saturated heterocycles. The Morgan fingerprint density at radius 3 is 2.33 bits per heavy atom. The third-order valence-corrected chi connectivity index (χ3v) is 7.32. The van der Waals surface area contributed by atoms with Crippen LogP contribution in [-0.4, -0.2) is 45.9 Å². The number of hydrogen-bond donors (Lipinski definition) is 1. The van der Waals surface area contributed by atoms with Crippen molar-refractivity contribution in [1.82, 2.24) is 9.62 Å². The highest BCUT2D eigenvalue weighted by molar-refractivity contribution is 7.89. The molecular formula is C22H28N2O5S. The van der Waals surface area contributed by atoms with E-state index in [1.165, 1.54) is 30.2 Å². The molecule has 3 rings (SSSR count). The van der Waals surface area contributed by atoms with Crippen molar-refractivity contribution < 1.29 is 22.7 Å². The zero-order valence-electron chi connectivity index (χ0n) is 17.6. The standard InChI is InChI=1S/C22H28N2O5S/c1-16-4-6-17(7-5-16)15-23-22(25)18-10-12-24(13-11-18)30(26,27)21-14-19(28-2)8-9-20(21)29-3/h4-9,14,18H,10-13,15H2,1-3H3,(H,23,25). The minimum Gasteiger partial charge on any atom is -0.497 e. The van der Waals surface area contributed by atoms with Gasteiger partial charge in [-0.2, -0.15) is 4.31 Å². The topological polar surface area (TPSA) is 84.9 Å². The van der Waals surface area contributed by atoms with E-state index in [1.807, 2.05) is 31.2 Å². The molecule has 8 heteroatoms. The van der Waals surface area contributed by atoms with Gasteiger partial charge < -0.3 is 14.8 Å². The normalized spacial score (nSPS) is 15.6. The second kappa shape index (κ2) is 9.49. The summed E-state index contributed by atoms with van der Waals surface area (Å²) in [5, 5.41) is 2.96. The number of ether oxygens (including phenoxy) is 2. The van der Waals surface area contributed by atoms with Gasteiger partial charge in [-0.15, -0.1) is 0 Å². The third kappa shape index (κ3) is 4.94. The van der Waals surface area contributed by atoms with Gasteiger partial charge in [-0.05, 0) is 37.5 Å². The Morgan fingerprint density at radius 2 is 1.73 bits per heavy atom. The van der Waals surface area contributed by atoms with Gasteiger partial charge in [0.2, 0.25) is 15.9 Å². The van der Waals surface area contributed by atoms with Crippen LogP contribution in [0.25, 0.3) is 0 Å². The molecule has 0 aliphatic carbocycles. The zero-order chi connectivity index (χ0) is 21.7. The maximum atomic E-state index is 13.1. The van der Waals surface area contributed by atoms with Crippen LogP contribution >= 0.6 is 0 Å². The first-order chi connectivity index (χ1) is 14.3. The summed E-state index contributed by atoms with van der Waals surface area (Å²) in [7, 11) is -0.828. The molecule has 2 aromatic rings. The Morgan fingerprint density at radius 1 is 1.07 bits per heavy atom. The number of carbonyl (C=O) groups is 1. The van der Waals surface area contributed by atoms with Gasteiger partial charge in [0.1, 0.15) is 16.4 Å². The Labute approximate surface area is 178 Å². The molecule has 162 valence electrons. The van der Waals surface area contributed by atoms with E-state index in [2.05, 4.69) is 5.32 Å². The average molecular weight is 433 g/mol. The Hall–Kier alpha value is -2.58. The number of rotatable bonds is 7. The van der Waals surface area contributed by atoms with Gasteiger partial charge in [-0.25, -0.2) is 8.42 Å². The summed E-state index contributed by atoms with van der Waals surface area (Å²) in [5.74, 6) is 0.481. The molecule has 1 N–H and O–H groups in total. The van der Waals surface area contributed by atoms with E-state index < -0.39 is 10.0 Å². The Kier molecular flexibility index (Phi) is 6.99. The predicted octanol–water partition coefficient (Wildman–Crippen LogP) is 2.73.